The normalized spacial score (nSPS) is 17.4. The molecule has 2 rings (SSSR count). The van der Waals surface area contributed by atoms with Gasteiger partial charge in [-0.05, 0) is 17.5 Å². The lowest BCUT2D eigenvalue weighted by Crippen LogP contribution is -2.31. The minimum Gasteiger partial charge on any atom is -0.326 e. The van der Waals surface area contributed by atoms with E-state index < -0.39 is 11.7 Å². The molecule has 0 fully saturated rings. The van der Waals surface area contributed by atoms with Gasteiger partial charge in [-0.1, -0.05) is 30.3 Å². The van der Waals surface area contributed by atoms with Crippen LogP contribution in [0.25, 0.3) is 0 Å². The summed E-state index contributed by atoms with van der Waals surface area (Å²) in [6, 6.07) is 7.85. The third kappa shape index (κ3) is 3.81. The maximum absolute atomic E-state index is 12.5. The Morgan fingerprint density at radius 1 is 1.21 bits per heavy atom. The molecule has 0 radical (unpaired) electrons. The van der Waals surface area contributed by atoms with Gasteiger partial charge in [0.2, 0.25) is 0 Å². The first kappa shape index (κ1) is 14.1. The average Bonchev–Trinajstić information content (AvgIpc) is 2.38. The number of nitrogens with zero attached hydrogens (tertiary/aromatic N) is 1. The maximum Gasteiger partial charge on any atom is 0.412 e. The SMILES string of the molecule is NCc1cccc(CN2CC=C(C(F)(F)F)CC2)c1. The van der Waals surface area contributed by atoms with Crippen LogP contribution >= 0.6 is 0 Å². The molecule has 0 bridgehead atoms. The number of hydrogen-bond acceptors (Lipinski definition) is 2. The highest BCUT2D eigenvalue weighted by molar-refractivity contribution is 5.23. The van der Waals surface area contributed by atoms with Gasteiger partial charge < -0.3 is 5.73 Å². The van der Waals surface area contributed by atoms with E-state index in [1.165, 1.54) is 6.08 Å². The van der Waals surface area contributed by atoms with Crippen LogP contribution in [-0.2, 0) is 13.1 Å². The minimum absolute atomic E-state index is 0.0695. The van der Waals surface area contributed by atoms with E-state index in [0.717, 1.165) is 11.1 Å². The topological polar surface area (TPSA) is 29.3 Å². The summed E-state index contributed by atoms with van der Waals surface area (Å²) in [5, 5.41) is 0. The Balaban J connectivity index is 1.97. The fourth-order valence-electron chi connectivity index (χ4n) is 2.23. The molecule has 1 aliphatic heterocycles. The van der Waals surface area contributed by atoms with Crippen LogP contribution in [0.5, 0.6) is 0 Å². The Morgan fingerprint density at radius 2 is 1.95 bits per heavy atom. The van der Waals surface area contributed by atoms with Gasteiger partial charge in [-0.2, -0.15) is 13.2 Å². The van der Waals surface area contributed by atoms with Gasteiger partial charge in [-0.3, -0.25) is 4.90 Å². The molecule has 1 heterocycles. The Hall–Kier alpha value is -1.33. The lowest BCUT2D eigenvalue weighted by Gasteiger charge is -2.27. The molecule has 5 heteroatoms. The monoisotopic (exact) mass is 270 g/mol. The summed E-state index contributed by atoms with van der Waals surface area (Å²) in [4.78, 5) is 2.00. The van der Waals surface area contributed by atoms with E-state index in [-0.39, 0.29) is 6.42 Å². The highest BCUT2D eigenvalue weighted by atomic mass is 19.4. The second-order valence-electron chi connectivity index (χ2n) is 4.74. The van der Waals surface area contributed by atoms with E-state index in [2.05, 4.69) is 0 Å². The van der Waals surface area contributed by atoms with Crippen molar-refractivity contribution in [3.8, 4) is 0 Å². The second kappa shape index (κ2) is 5.75. The van der Waals surface area contributed by atoms with Crippen LogP contribution in [0.3, 0.4) is 0 Å². The molecule has 0 aliphatic carbocycles. The largest absolute Gasteiger partial charge is 0.412 e. The molecule has 2 nitrogen and oxygen atoms in total. The number of halogens is 3. The summed E-state index contributed by atoms with van der Waals surface area (Å²) >= 11 is 0. The number of hydrogen-bond donors (Lipinski definition) is 1. The van der Waals surface area contributed by atoms with Gasteiger partial charge in [0.1, 0.15) is 0 Å². The van der Waals surface area contributed by atoms with Crippen LogP contribution in [0.1, 0.15) is 17.5 Å². The Morgan fingerprint density at radius 3 is 2.53 bits per heavy atom. The van der Waals surface area contributed by atoms with Crippen molar-refractivity contribution < 1.29 is 13.2 Å². The quantitative estimate of drug-likeness (QED) is 0.856. The maximum atomic E-state index is 12.5. The standard InChI is InChI=1S/C14H17F3N2/c15-14(16,17)13-4-6-19(7-5-13)10-12-3-1-2-11(8-12)9-18/h1-4,8H,5-7,9-10,18H2. The molecular weight excluding hydrogens is 253 g/mol. The second-order valence-corrected chi connectivity index (χ2v) is 4.74. The molecule has 0 spiro atoms. The molecule has 19 heavy (non-hydrogen) atoms. The van der Waals surface area contributed by atoms with Crippen molar-refractivity contribution in [2.45, 2.75) is 25.7 Å². The molecule has 0 saturated carbocycles. The Labute approximate surface area is 110 Å². The molecule has 104 valence electrons. The van der Waals surface area contributed by atoms with Gasteiger partial charge in [0.15, 0.2) is 0 Å². The molecule has 0 unspecified atom stereocenters. The highest BCUT2D eigenvalue weighted by Crippen LogP contribution is 2.30. The van der Waals surface area contributed by atoms with E-state index in [1.54, 1.807) is 0 Å². The number of nitrogens with two attached hydrogens (primary N) is 1. The van der Waals surface area contributed by atoms with Crippen LogP contribution in [0.15, 0.2) is 35.9 Å². The van der Waals surface area contributed by atoms with Gasteiger partial charge in [0, 0.05) is 31.8 Å². The summed E-state index contributed by atoms with van der Waals surface area (Å²) < 4.78 is 37.5. The van der Waals surface area contributed by atoms with Crippen molar-refractivity contribution >= 4 is 0 Å². The van der Waals surface area contributed by atoms with Gasteiger partial charge in [0.05, 0.1) is 0 Å². The lowest BCUT2D eigenvalue weighted by atomic mass is 10.1. The molecule has 0 aromatic heterocycles. The fraction of sp³-hybridized carbons (Fsp3) is 0.429. The highest BCUT2D eigenvalue weighted by Gasteiger charge is 2.34. The molecule has 1 aliphatic rings. The van der Waals surface area contributed by atoms with Crippen molar-refractivity contribution in [1.82, 2.24) is 4.90 Å². The molecular formula is C14H17F3N2. The van der Waals surface area contributed by atoms with E-state index in [1.807, 2.05) is 29.2 Å². The zero-order chi connectivity index (χ0) is 13.9. The minimum atomic E-state index is -4.18. The van der Waals surface area contributed by atoms with Gasteiger partial charge >= 0.3 is 6.18 Å². The molecule has 0 saturated heterocycles. The lowest BCUT2D eigenvalue weighted by molar-refractivity contribution is -0.0960. The number of rotatable bonds is 3. The van der Waals surface area contributed by atoms with E-state index in [0.29, 0.717) is 26.2 Å². The predicted molar refractivity (Wildman–Crippen MR) is 68.4 cm³/mol. The smallest absolute Gasteiger partial charge is 0.326 e. The molecule has 0 amide bonds. The van der Waals surface area contributed by atoms with Crippen molar-refractivity contribution in [1.29, 1.82) is 0 Å². The van der Waals surface area contributed by atoms with Crippen molar-refractivity contribution in [3.63, 3.8) is 0 Å². The molecule has 1 aromatic carbocycles. The third-order valence-electron chi connectivity index (χ3n) is 3.29. The zero-order valence-corrected chi connectivity index (χ0v) is 10.6. The first-order valence-corrected chi connectivity index (χ1v) is 6.25. The fourth-order valence-corrected chi connectivity index (χ4v) is 2.23. The third-order valence-corrected chi connectivity index (χ3v) is 3.29. The summed E-state index contributed by atoms with van der Waals surface area (Å²) in [7, 11) is 0. The van der Waals surface area contributed by atoms with Crippen molar-refractivity contribution in [2.75, 3.05) is 13.1 Å². The predicted octanol–water partition coefficient (Wildman–Crippen LogP) is 2.84. The Kier molecular flexibility index (Phi) is 4.27. The van der Waals surface area contributed by atoms with Gasteiger partial charge in [0.25, 0.3) is 0 Å². The van der Waals surface area contributed by atoms with Crippen molar-refractivity contribution in [3.05, 3.63) is 47.0 Å². The van der Waals surface area contributed by atoms with E-state index in [4.69, 9.17) is 5.73 Å². The van der Waals surface area contributed by atoms with E-state index in [9.17, 15) is 13.2 Å². The molecule has 0 atom stereocenters. The zero-order valence-electron chi connectivity index (χ0n) is 10.6. The van der Waals surface area contributed by atoms with E-state index >= 15 is 0 Å². The van der Waals surface area contributed by atoms with Gasteiger partial charge in [-0.15, -0.1) is 0 Å². The molecule has 2 N–H and O–H groups in total. The van der Waals surface area contributed by atoms with Crippen LogP contribution in [-0.4, -0.2) is 24.2 Å². The molecule has 1 aromatic rings. The first-order valence-electron chi connectivity index (χ1n) is 6.25. The Bertz CT molecular complexity index is 466. The number of benzene rings is 1. The summed E-state index contributed by atoms with van der Waals surface area (Å²) in [6.45, 7) is 1.93. The van der Waals surface area contributed by atoms with Crippen LogP contribution in [0.4, 0.5) is 13.2 Å². The van der Waals surface area contributed by atoms with Crippen LogP contribution < -0.4 is 5.73 Å². The summed E-state index contributed by atoms with van der Waals surface area (Å²) in [6.07, 6.45) is -2.82. The van der Waals surface area contributed by atoms with Gasteiger partial charge in [-0.25, -0.2) is 0 Å². The summed E-state index contributed by atoms with van der Waals surface area (Å²) in [5.74, 6) is 0. The van der Waals surface area contributed by atoms with Crippen LogP contribution in [0, 0.1) is 0 Å². The number of alkyl halides is 3. The van der Waals surface area contributed by atoms with Crippen LogP contribution in [0.2, 0.25) is 0 Å². The van der Waals surface area contributed by atoms with Crippen molar-refractivity contribution in [2.24, 2.45) is 5.73 Å². The summed E-state index contributed by atoms with van der Waals surface area (Å²) in [5.41, 5.74) is 7.30. The first-order chi connectivity index (χ1) is 8.99. The average molecular weight is 270 g/mol.